The van der Waals surface area contributed by atoms with Crippen molar-refractivity contribution < 1.29 is 9.53 Å². The van der Waals surface area contributed by atoms with E-state index in [2.05, 4.69) is 4.57 Å². The maximum absolute atomic E-state index is 11.9. The van der Waals surface area contributed by atoms with Crippen LogP contribution in [0.4, 0.5) is 0 Å². The number of carbonyl (C=O) groups is 1. The number of rotatable bonds is 4. The number of ketones is 1. The first-order chi connectivity index (χ1) is 9.49. The summed E-state index contributed by atoms with van der Waals surface area (Å²) in [7, 11) is 1.65. The molecule has 1 aromatic carbocycles. The van der Waals surface area contributed by atoms with Gasteiger partial charge in [-0.1, -0.05) is 0 Å². The van der Waals surface area contributed by atoms with Gasteiger partial charge in [0.15, 0.2) is 5.78 Å². The van der Waals surface area contributed by atoms with Crippen LogP contribution in [0, 0.1) is 20.8 Å². The third-order valence-corrected chi connectivity index (χ3v) is 3.74. The molecule has 0 spiro atoms. The lowest BCUT2D eigenvalue weighted by Crippen LogP contribution is -2.05. The summed E-state index contributed by atoms with van der Waals surface area (Å²) >= 11 is 5.66. The van der Waals surface area contributed by atoms with Crippen LogP contribution in [-0.2, 0) is 0 Å². The van der Waals surface area contributed by atoms with Gasteiger partial charge in [0.05, 0.1) is 13.0 Å². The highest BCUT2D eigenvalue weighted by Crippen LogP contribution is 2.26. The van der Waals surface area contributed by atoms with E-state index in [1.54, 1.807) is 7.11 Å². The van der Waals surface area contributed by atoms with Crippen molar-refractivity contribution in [1.29, 1.82) is 0 Å². The van der Waals surface area contributed by atoms with Gasteiger partial charge in [-0.3, -0.25) is 4.79 Å². The zero-order valence-corrected chi connectivity index (χ0v) is 12.9. The van der Waals surface area contributed by atoms with E-state index in [0.29, 0.717) is 5.56 Å². The van der Waals surface area contributed by atoms with E-state index in [4.69, 9.17) is 16.3 Å². The topological polar surface area (TPSA) is 31.2 Å². The second kappa shape index (κ2) is 5.71. The Balaban J connectivity index is 2.59. The predicted molar refractivity (Wildman–Crippen MR) is 81.6 cm³/mol. The fraction of sp³-hybridized carbons (Fsp3) is 0.312. The molecule has 0 amide bonds. The Morgan fingerprint density at radius 2 is 1.95 bits per heavy atom. The zero-order chi connectivity index (χ0) is 14.9. The Morgan fingerprint density at radius 1 is 1.25 bits per heavy atom. The van der Waals surface area contributed by atoms with Gasteiger partial charge in [-0.2, -0.15) is 0 Å². The van der Waals surface area contributed by atoms with E-state index in [9.17, 15) is 4.79 Å². The van der Waals surface area contributed by atoms with Crippen molar-refractivity contribution in [2.24, 2.45) is 0 Å². The van der Waals surface area contributed by atoms with E-state index in [-0.39, 0.29) is 11.7 Å². The molecule has 0 N–H and O–H groups in total. The minimum Gasteiger partial charge on any atom is -0.497 e. The molecule has 1 heterocycles. The highest BCUT2D eigenvalue weighted by Gasteiger charge is 2.16. The molecule has 0 atom stereocenters. The molecule has 0 radical (unpaired) electrons. The third-order valence-electron chi connectivity index (χ3n) is 3.50. The Labute approximate surface area is 124 Å². The van der Waals surface area contributed by atoms with Crippen LogP contribution in [0.2, 0.25) is 0 Å². The lowest BCUT2D eigenvalue weighted by atomic mass is 10.1. The number of hydrogen-bond acceptors (Lipinski definition) is 2. The van der Waals surface area contributed by atoms with Gasteiger partial charge in [-0.05, 0) is 50.6 Å². The van der Waals surface area contributed by atoms with Crippen molar-refractivity contribution in [3.05, 3.63) is 46.8 Å². The predicted octanol–water partition coefficient (Wildman–Crippen LogP) is 3.83. The number of methoxy groups -OCH3 is 1. The number of carbonyl (C=O) groups excluding carboxylic acids is 1. The summed E-state index contributed by atoms with van der Waals surface area (Å²) in [4.78, 5) is 11.9. The molecule has 0 aliphatic heterocycles. The van der Waals surface area contributed by atoms with Crippen LogP contribution in [0.5, 0.6) is 5.75 Å². The van der Waals surface area contributed by atoms with Crippen LogP contribution in [-0.4, -0.2) is 23.3 Å². The molecule has 0 aliphatic rings. The van der Waals surface area contributed by atoms with Gasteiger partial charge >= 0.3 is 0 Å². The van der Waals surface area contributed by atoms with Gasteiger partial charge in [-0.15, -0.1) is 11.6 Å². The Kier molecular flexibility index (Phi) is 4.19. The fourth-order valence-corrected chi connectivity index (χ4v) is 2.64. The number of ether oxygens (including phenoxy) is 1. The SMILES string of the molecule is COc1ccc(-n2c(C)cc(C(=O)CCl)c2C)c(C)c1. The molecular formula is C16H18ClNO2. The average molecular weight is 292 g/mol. The molecular weight excluding hydrogens is 274 g/mol. The average Bonchev–Trinajstić information content (AvgIpc) is 2.73. The third kappa shape index (κ3) is 2.46. The summed E-state index contributed by atoms with van der Waals surface area (Å²) < 4.78 is 7.30. The molecule has 20 heavy (non-hydrogen) atoms. The standard InChI is InChI=1S/C16H18ClNO2/c1-10-7-13(20-4)5-6-15(10)18-11(2)8-14(12(18)3)16(19)9-17/h5-8H,9H2,1-4H3. The molecule has 2 rings (SSSR count). The number of alkyl halides is 1. The van der Waals surface area contributed by atoms with E-state index in [0.717, 1.165) is 28.4 Å². The summed E-state index contributed by atoms with van der Waals surface area (Å²) in [5.74, 6) is 0.786. The molecule has 2 aromatic rings. The normalized spacial score (nSPS) is 10.7. The Bertz CT molecular complexity index is 659. The zero-order valence-electron chi connectivity index (χ0n) is 12.2. The molecule has 3 nitrogen and oxygen atoms in total. The van der Waals surface area contributed by atoms with Crippen LogP contribution < -0.4 is 4.74 Å². The second-order valence-corrected chi connectivity index (χ2v) is 5.10. The fourth-order valence-electron chi connectivity index (χ4n) is 2.49. The lowest BCUT2D eigenvalue weighted by Gasteiger charge is -2.14. The van der Waals surface area contributed by atoms with Gasteiger partial charge in [0.25, 0.3) is 0 Å². The molecule has 0 saturated carbocycles. The van der Waals surface area contributed by atoms with Crippen LogP contribution in [0.1, 0.15) is 27.3 Å². The quantitative estimate of drug-likeness (QED) is 0.633. The van der Waals surface area contributed by atoms with Crippen LogP contribution in [0.3, 0.4) is 0 Å². The smallest absolute Gasteiger partial charge is 0.179 e. The minimum atomic E-state index is -0.0443. The Hall–Kier alpha value is -1.74. The summed E-state index contributed by atoms with van der Waals surface area (Å²) in [6.07, 6.45) is 0. The first kappa shape index (κ1) is 14.7. The number of Topliss-reactive ketones (excluding diaryl/α,β-unsaturated/α-hetero) is 1. The molecule has 106 valence electrons. The van der Waals surface area contributed by atoms with Gasteiger partial charge in [0.1, 0.15) is 5.75 Å². The lowest BCUT2D eigenvalue weighted by molar-refractivity contribution is 0.102. The van der Waals surface area contributed by atoms with Crippen molar-refractivity contribution in [2.45, 2.75) is 20.8 Å². The number of aryl methyl sites for hydroxylation is 2. The Morgan fingerprint density at radius 3 is 2.50 bits per heavy atom. The van der Waals surface area contributed by atoms with Gasteiger partial charge in [0, 0.05) is 22.6 Å². The molecule has 1 aromatic heterocycles. The monoisotopic (exact) mass is 291 g/mol. The first-order valence-corrected chi connectivity index (χ1v) is 6.96. The van der Waals surface area contributed by atoms with Crippen molar-refractivity contribution in [1.82, 2.24) is 4.57 Å². The van der Waals surface area contributed by atoms with E-state index in [1.807, 2.05) is 45.0 Å². The van der Waals surface area contributed by atoms with Crippen molar-refractivity contribution in [3.8, 4) is 11.4 Å². The van der Waals surface area contributed by atoms with Crippen molar-refractivity contribution in [3.63, 3.8) is 0 Å². The van der Waals surface area contributed by atoms with Gasteiger partial charge in [0.2, 0.25) is 0 Å². The molecule has 0 unspecified atom stereocenters. The molecule has 0 fully saturated rings. The summed E-state index contributed by atoms with van der Waals surface area (Å²) in [5, 5.41) is 0. The van der Waals surface area contributed by atoms with Gasteiger partial charge in [-0.25, -0.2) is 0 Å². The molecule has 0 aliphatic carbocycles. The maximum Gasteiger partial charge on any atom is 0.179 e. The summed E-state index contributed by atoms with van der Waals surface area (Å²) in [6.45, 7) is 5.96. The number of nitrogens with zero attached hydrogens (tertiary/aromatic N) is 1. The number of benzene rings is 1. The maximum atomic E-state index is 11.9. The van der Waals surface area contributed by atoms with Crippen molar-refractivity contribution >= 4 is 17.4 Å². The number of halogens is 1. The van der Waals surface area contributed by atoms with Crippen LogP contribution in [0.15, 0.2) is 24.3 Å². The van der Waals surface area contributed by atoms with Crippen molar-refractivity contribution in [2.75, 3.05) is 13.0 Å². The molecule has 4 heteroatoms. The number of hydrogen-bond donors (Lipinski definition) is 0. The molecule has 0 saturated heterocycles. The van der Waals surface area contributed by atoms with E-state index >= 15 is 0 Å². The number of aromatic nitrogens is 1. The molecule has 0 bridgehead atoms. The van der Waals surface area contributed by atoms with Gasteiger partial charge < -0.3 is 9.30 Å². The second-order valence-electron chi connectivity index (χ2n) is 4.83. The summed E-state index contributed by atoms with van der Waals surface area (Å²) in [6, 6.07) is 7.80. The summed E-state index contributed by atoms with van der Waals surface area (Å²) in [5.41, 5.74) is 4.77. The highest BCUT2D eigenvalue weighted by molar-refractivity contribution is 6.30. The largest absolute Gasteiger partial charge is 0.497 e. The first-order valence-electron chi connectivity index (χ1n) is 6.42. The highest BCUT2D eigenvalue weighted by atomic mass is 35.5. The van der Waals surface area contributed by atoms with Crippen LogP contribution >= 0.6 is 11.6 Å². The van der Waals surface area contributed by atoms with Crippen LogP contribution in [0.25, 0.3) is 5.69 Å². The minimum absolute atomic E-state index is 0.00584. The van der Waals surface area contributed by atoms with E-state index in [1.165, 1.54) is 0 Å². The van der Waals surface area contributed by atoms with E-state index < -0.39 is 0 Å².